The highest BCUT2D eigenvalue weighted by Crippen LogP contribution is 2.56. The summed E-state index contributed by atoms with van der Waals surface area (Å²) in [4.78, 5) is 50.4. The molecule has 2 aromatic rings. The molecule has 0 bridgehead atoms. The maximum absolute atomic E-state index is 12.9. The monoisotopic (exact) mass is 440 g/mol. The highest BCUT2D eigenvalue weighted by molar-refractivity contribution is 8.02. The fourth-order valence-electron chi connectivity index (χ4n) is 3.62. The molecular weight excluding hydrogens is 420 g/mol. The van der Waals surface area contributed by atoms with E-state index in [1.54, 1.807) is 25.1 Å². The van der Waals surface area contributed by atoms with Crippen LogP contribution in [0.3, 0.4) is 0 Å². The molecule has 1 N–H and O–H groups in total. The number of hydrogen-bond donors (Lipinski definition) is 1. The van der Waals surface area contributed by atoms with E-state index >= 15 is 0 Å². The van der Waals surface area contributed by atoms with Gasteiger partial charge >= 0.3 is 11.9 Å². The molecule has 0 saturated carbocycles. The van der Waals surface area contributed by atoms with Crippen molar-refractivity contribution in [1.29, 1.82) is 0 Å². The van der Waals surface area contributed by atoms with Crippen LogP contribution < -0.4 is 10.2 Å². The van der Waals surface area contributed by atoms with Gasteiger partial charge in [-0.05, 0) is 43.3 Å². The van der Waals surface area contributed by atoms with E-state index in [1.165, 1.54) is 28.8 Å². The number of nitrogens with zero attached hydrogens (tertiary/aromatic N) is 1. The van der Waals surface area contributed by atoms with Crippen molar-refractivity contribution in [2.24, 2.45) is 0 Å². The van der Waals surface area contributed by atoms with Crippen LogP contribution >= 0.6 is 11.8 Å². The van der Waals surface area contributed by atoms with E-state index in [0.717, 1.165) is 4.90 Å². The average molecular weight is 440 g/mol. The molecule has 1 saturated heterocycles. The first-order valence-electron chi connectivity index (χ1n) is 9.80. The number of rotatable bonds is 6. The van der Waals surface area contributed by atoms with E-state index in [1.807, 2.05) is 18.2 Å². The third-order valence-electron chi connectivity index (χ3n) is 5.01. The van der Waals surface area contributed by atoms with Crippen LogP contribution in [-0.4, -0.2) is 41.8 Å². The first-order valence-corrected chi connectivity index (χ1v) is 10.6. The van der Waals surface area contributed by atoms with E-state index in [0.29, 0.717) is 23.4 Å². The summed E-state index contributed by atoms with van der Waals surface area (Å²) in [5.41, 5.74) is 1.51. The molecule has 0 unspecified atom stereocenters. The Balaban J connectivity index is 1.37. The number of para-hydroxylation sites is 1. The van der Waals surface area contributed by atoms with Crippen LogP contribution in [0.5, 0.6) is 0 Å². The molecule has 0 spiro atoms. The van der Waals surface area contributed by atoms with Gasteiger partial charge in [0.25, 0.3) is 5.91 Å². The Morgan fingerprint density at radius 3 is 2.58 bits per heavy atom. The normalized spacial score (nSPS) is 18.9. The van der Waals surface area contributed by atoms with Gasteiger partial charge in [0.15, 0.2) is 11.5 Å². The molecule has 4 rings (SSSR count). The summed E-state index contributed by atoms with van der Waals surface area (Å²) in [5.74, 6) is -1.72. The van der Waals surface area contributed by atoms with Crippen molar-refractivity contribution in [1.82, 2.24) is 0 Å². The molecule has 160 valence electrons. The van der Waals surface area contributed by atoms with E-state index in [4.69, 9.17) is 9.47 Å². The van der Waals surface area contributed by atoms with Gasteiger partial charge < -0.3 is 14.8 Å². The molecule has 31 heavy (non-hydrogen) atoms. The number of esters is 2. The summed E-state index contributed by atoms with van der Waals surface area (Å²) in [6, 6.07) is 13.5. The molecule has 8 nitrogen and oxygen atoms in total. The van der Waals surface area contributed by atoms with Gasteiger partial charge in [-0.25, -0.2) is 9.59 Å². The minimum Gasteiger partial charge on any atom is -0.462 e. The van der Waals surface area contributed by atoms with E-state index < -0.39 is 29.3 Å². The lowest BCUT2D eigenvalue weighted by molar-refractivity contribution is -0.149. The zero-order chi connectivity index (χ0) is 22.0. The summed E-state index contributed by atoms with van der Waals surface area (Å²) in [7, 11) is 0. The Labute approximate surface area is 182 Å². The van der Waals surface area contributed by atoms with Gasteiger partial charge in [0.2, 0.25) is 5.91 Å². The van der Waals surface area contributed by atoms with Crippen molar-refractivity contribution in [2.45, 2.75) is 29.5 Å². The molecule has 0 aliphatic carbocycles. The lowest BCUT2D eigenvalue weighted by Crippen LogP contribution is -2.48. The molecule has 2 amide bonds. The van der Waals surface area contributed by atoms with Crippen molar-refractivity contribution in [3.05, 3.63) is 54.1 Å². The molecule has 0 aromatic heterocycles. The fraction of sp³-hybridized carbons (Fsp3) is 0.273. The van der Waals surface area contributed by atoms with Gasteiger partial charge in [-0.2, -0.15) is 0 Å². The summed E-state index contributed by atoms with van der Waals surface area (Å²) in [5, 5.41) is 2.61. The summed E-state index contributed by atoms with van der Waals surface area (Å²) >= 11 is 1.29. The Bertz CT molecular complexity index is 1050. The molecule has 2 aliphatic heterocycles. The van der Waals surface area contributed by atoms with Crippen LogP contribution in [0.15, 0.2) is 53.4 Å². The molecule has 2 heterocycles. The number of amides is 2. The van der Waals surface area contributed by atoms with E-state index in [-0.39, 0.29) is 18.9 Å². The lowest BCUT2D eigenvalue weighted by atomic mass is 10.2. The maximum Gasteiger partial charge on any atom is 0.344 e. The van der Waals surface area contributed by atoms with Crippen LogP contribution in [0.4, 0.5) is 11.4 Å². The lowest BCUT2D eigenvalue weighted by Gasteiger charge is -2.28. The molecule has 1 atom stereocenters. The number of ether oxygens (including phenoxy) is 2. The maximum atomic E-state index is 12.9. The van der Waals surface area contributed by atoms with Crippen LogP contribution in [0.2, 0.25) is 0 Å². The predicted molar refractivity (Wildman–Crippen MR) is 114 cm³/mol. The first kappa shape index (κ1) is 20.9. The Kier molecular flexibility index (Phi) is 5.69. The van der Waals surface area contributed by atoms with Gasteiger partial charge in [-0.1, -0.05) is 23.9 Å². The average Bonchev–Trinajstić information content (AvgIpc) is 3.28. The second-order valence-electron chi connectivity index (χ2n) is 7.01. The molecular formula is C22H20N2O6S. The molecule has 9 heteroatoms. The highest BCUT2D eigenvalue weighted by atomic mass is 32.2. The van der Waals surface area contributed by atoms with Crippen molar-refractivity contribution in [2.75, 3.05) is 23.4 Å². The Hall–Kier alpha value is -3.33. The van der Waals surface area contributed by atoms with Gasteiger partial charge in [0.1, 0.15) is 0 Å². The Morgan fingerprint density at radius 2 is 1.84 bits per heavy atom. The fourth-order valence-corrected chi connectivity index (χ4v) is 5.03. The minimum absolute atomic E-state index is 0.138. The SMILES string of the molecule is CCOC(=O)c1ccc(NC(=O)COC(=O)[C@]23CCC(=O)N2c2ccccc2S3)cc1. The number of carbonyl (C=O) groups is 4. The number of anilines is 2. The molecule has 2 aromatic carbocycles. The van der Waals surface area contributed by atoms with Gasteiger partial charge in [0.05, 0.1) is 17.9 Å². The van der Waals surface area contributed by atoms with Crippen LogP contribution in [0.1, 0.15) is 30.1 Å². The van der Waals surface area contributed by atoms with Crippen LogP contribution in [-0.2, 0) is 23.9 Å². The van der Waals surface area contributed by atoms with Crippen LogP contribution in [0, 0.1) is 0 Å². The standard InChI is InChI=1S/C22H20N2O6S/c1-2-29-20(27)14-7-9-15(10-8-14)23-18(25)13-30-21(28)22-12-11-19(26)24(22)16-5-3-4-6-17(16)31-22/h3-10H,2,11-13H2,1H3,(H,23,25)/t22-/m1/s1. The predicted octanol–water partition coefficient (Wildman–Crippen LogP) is 2.97. The second-order valence-corrected chi connectivity index (χ2v) is 8.32. The summed E-state index contributed by atoms with van der Waals surface area (Å²) in [6.07, 6.45) is 0.566. The van der Waals surface area contributed by atoms with Crippen molar-refractivity contribution in [3.63, 3.8) is 0 Å². The van der Waals surface area contributed by atoms with Gasteiger partial charge in [-0.15, -0.1) is 0 Å². The second kappa shape index (κ2) is 8.43. The molecule has 0 radical (unpaired) electrons. The van der Waals surface area contributed by atoms with Gasteiger partial charge in [-0.3, -0.25) is 14.5 Å². The highest BCUT2D eigenvalue weighted by Gasteiger charge is 2.58. The number of nitrogens with one attached hydrogen (secondary N) is 1. The number of hydrogen-bond acceptors (Lipinski definition) is 7. The number of fused-ring (bicyclic) bond motifs is 3. The first-order chi connectivity index (χ1) is 14.9. The minimum atomic E-state index is -1.16. The van der Waals surface area contributed by atoms with Crippen molar-refractivity contribution in [3.8, 4) is 0 Å². The number of thioether (sulfide) groups is 1. The zero-order valence-corrected chi connectivity index (χ0v) is 17.6. The quantitative estimate of drug-likeness (QED) is 0.689. The van der Waals surface area contributed by atoms with E-state index in [2.05, 4.69) is 5.32 Å². The summed E-state index contributed by atoms with van der Waals surface area (Å²) < 4.78 is 10.2. The largest absolute Gasteiger partial charge is 0.462 e. The third kappa shape index (κ3) is 3.88. The number of carbonyl (C=O) groups excluding carboxylic acids is 4. The third-order valence-corrected chi connectivity index (χ3v) is 6.46. The van der Waals surface area contributed by atoms with E-state index in [9.17, 15) is 19.2 Å². The number of benzene rings is 2. The zero-order valence-electron chi connectivity index (χ0n) is 16.8. The van der Waals surface area contributed by atoms with Gasteiger partial charge in [0, 0.05) is 23.4 Å². The topological polar surface area (TPSA) is 102 Å². The molecule has 1 fully saturated rings. The summed E-state index contributed by atoms with van der Waals surface area (Å²) in [6.45, 7) is 1.51. The molecule has 2 aliphatic rings. The van der Waals surface area contributed by atoms with Crippen molar-refractivity contribution >= 4 is 46.9 Å². The van der Waals surface area contributed by atoms with Crippen molar-refractivity contribution < 1.29 is 28.7 Å². The Morgan fingerprint density at radius 1 is 1.10 bits per heavy atom. The smallest absolute Gasteiger partial charge is 0.344 e. The van der Waals surface area contributed by atoms with Crippen LogP contribution in [0.25, 0.3) is 0 Å².